The van der Waals surface area contributed by atoms with Crippen LogP contribution in [0.25, 0.3) is 0 Å². The van der Waals surface area contributed by atoms with E-state index in [4.69, 9.17) is 4.74 Å². The Morgan fingerprint density at radius 1 is 0.952 bits per heavy atom. The van der Waals surface area contributed by atoms with Crippen LogP contribution in [0.5, 0.6) is 0 Å². The second-order valence-corrected chi connectivity index (χ2v) is 4.88. The number of rotatable bonds is 7. The quantitative estimate of drug-likeness (QED) is 0.578. The summed E-state index contributed by atoms with van der Waals surface area (Å²) in [6.45, 7) is 0.240. The van der Waals surface area contributed by atoms with Crippen molar-refractivity contribution in [3.05, 3.63) is 71.8 Å². The summed E-state index contributed by atoms with van der Waals surface area (Å²) in [5.74, 6) is -0.747. The van der Waals surface area contributed by atoms with Crippen LogP contribution in [0.2, 0.25) is 0 Å². The molecular formula is C18H18O3. The van der Waals surface area contributed by atoms with E-state index in [2.05, 4.69) is 0 Å². The Kier molecular flexibility index (Phi) is 5.71. The molecule has 3 heteroatoms. The van der Waals surface area contributed by atoms with Crippen molar-refractivity contribution in [3.63, 3.8) is 0 Å². The molecule has 0 unspecified atom stereocenters. The Balaban J connectivity index is 1.94. The average molecular weight is 282 g/mol. The third-order valence-corrected chi connectivity index (χ3v) is 3.26. The third-order valence-electron chi connectivity index (χ3n) is 3.26. The highest BCUT2D eigenvalue weighted by Crippen LogP contribution is 2.14. The summed E-state index contributed by atoms with van der Waals surface area (Å²) in [5.41, 5.74) is 1.97. The van der Waals surface area contributed by atoms with Crippen molar-refractivity contribution >= 4 is 12.3 Å². The minimum absolute atomic E-state index is 0.183. The Hall–Kier alpha value is -2.42. The summed E-state index contributed by atoms with van der Waals surface area (Å²) >= 11 is 0. The molecule has 3 nitrogen and oxygen atoms in total. The second-order valence-electron chi connectivity index (χ2n) is 4.88. The summed E-state index contributed by atoms with van der Waals surface area (Å²) in [4.78, 5) is 22.9. The first-order chi connectivity index (χ1) is 10.3. The van der Waals surface area contributed by atoms with E-state index < -0.39 is 5.92 Å². The second kappa shape index (κ2) is 8.00. The van der Waals surface area contributed by atoms with Gasteiger partial charge in [0.25, 0.3) is 0 Å². The summed E-state index contributed by atoms with van der Waals surface area (Å²) in [7, 11) is 0. The first kappa shape index (κ1) is 15.0. The number of carbonyl (C=O) groups is 2. The maximum Gasteiger partial charge on any atom is 0.310 e. The maximum atomic E-state index is 12.1. The number of esters is 1. The van der Waals surface area contributed by atoms with Gasteiger partial charge in [-0.05, 0) is 17.5 Å². The number of hydrogen-bond acceptors (Lipinski definition) is 3. The predicted octanol–water partition coefficient (Wildman–Crippen LogP) is 3.18. The van der Waals surface area contributed by atoms with Crippen LogP contribution in [0.4, 0.5) is 0 Å². The SMILES string of the molecule is O=CC[C@H](Cc1ccccc1)C(=O)OCc1ccccc1. The van der Waals surface area contributed by atoms with Gasteiger partial charge in [-0.3, -0.25) is 4.79 Å². The molecule has 0 aliphatic carbocycles. The Labute approximate surface area is 124 Å². The van der Waals surface area contributed by atoms with Crippen LogP contribution in [0.1, 0.15) is 17.5 Å². The molecule has 0 aromatic heterocycles. The number of benzene rings is 2. The molecule has 0 saturated heterocycles. The van der Waals surface area contributed by atoms with Crippen LogP contribution in [0.15, 0.2) is 60.7 Å². The van der Waals surface area contributed by atoms with Crippen molar-refractivity contribution in [2.45, 2.75) is 19.4 Å². The molecule has 0 aliphatic rings. The molecule has 1 atom stereocenters. The van der Waals surface area contributed by atoms with Gasteiger partial charge in [0.15, 0.2) is 0 Å². The lowest BCUT2D eigenvalue weighted by Crippen LogP contribution is -2.20. The molecule has 0 heterocycles. The summed E-state index contributed by atoms with van der Waals surface area (Å²) < 4.78 is 5.32. The van der Waals surface area contributed by atoms with E-state index >= 15 is 0 Å². The molecule has 0 amide bonds. The Morgan fingerprint density at radius 3 is 2.10 bits per heavy atom. The molecule has 0 aliphatic heterocycles. The van der Waals surface area contributed by atoms with Gasteiger partial charge in [-0.1, -0.05) is 60.7 Å². The summed E-state index contributed by atoms with van der Waals surface area (Å²) in [6.07, 6.45) is 1.48. The van der Waals surface area contributed by atoms with Crippen LogP contribution in [0.3, 0.4) is 0 Å². The molecule has 21 heavy (non-hydrogen) atoms. The van der Waals surface area contributed by atoms with Gasteiger partial charge in [0.05, 0.1) is 5.92 Å². The van der Waals surface area contributed by atoms with Crippen LogP contribution in [-0.2, 0) is 27.4 Å². The highest BCUT2D eigenvalue weighted by molar-refractivity contribution is 5.75. The van der Waals surface area contributed by atoms with E-state index in [1.807, 2.05) is 60.7 Å². The number of ether oxygens (including phenoxy) is 1. The van der Waals surface area contributed by atoms with E-state index in [0.717, 1.165) is 17.4 Å². The van der Waals surface area contributed by atoms with Crippen LogP contribution >= 0.6 is 0 Å². The molecule has 0 saturated carbocycles. The van der Waals surface area contributed by atoms with E-state index in [-0.39, 0.29) is 19.0 Å². The van der Waals surface area contributed by atoms with Crippen LogP contribution in [-0.4, -0.2) is 12.3 Å². The van der Waals surface area contributed by atoms with Gasteiger partial charge in [0.2, 0.25) is 0 Å². The summed E-state index contributed by atoms with van der Waals surface area (Å²) in [5, 5.41) is 0. The van der Waals surface area contributed by atoms with Gasteiger partial charge in [-0.25, -0.2) is 0 Å². The van der Waals surface area contributed by atoms with Crippen LogP contribution < -0.4 is 0 Å². The molecule has 2 aromatic carbocycles. The molecule has 0 fully saturated rings. The summed E-state index contributed by atoms with van der Waals surface area (Å²) in [6, 6.07) is 19.2. The van der Waals surface area contributed by atoms with E-state index in [9.17, 15) is 9.59 Å². The highest BCUT2D eigenvalue weighted by Gasteiger charge is 2.20. The Morgan fingerprint density at radius 2 is 1.52 bits per heavy atom. The van der Waals surface area contributed by atoms with Gasteiger partial charge in [-0.15, -0.1) is 0 Å². The molecule has 0 spiro atoms. The number of carbonyl (C=O) groups excluding carboxylic acids is 2. The topological polar surface area (TPSA) is 43.4 Å². The van der Waals surface area contributed by atoms with Crippen LogP contribution in [0, 0.1) is 5.92 Å². The fraction of sp³-hybridized carbons (Fsp3) is 0.222. The first-order valence-corrected chi connectivity index (χ1v) is 6.97. The van der Waals surface area contributed by atoms with Gasteiger partial charge < -0.3 is 9.53 Å². The van der Waals surface area contributed by atoms with E-state index in [0.29, 0.717) is 6.42 Å². The lowest BCUT2D eigenvalue weighted by Gasteiger charge is -2.14. The maximum absolute atomic E-state index is 12.1. The molecule has 0 radical (unpaired) electrons. The number of aldehydes is 1. The highest BCUT2D eigenvalue weighted by atomic mass is 16.5. The smallest absolute Gasteiger partial charge is 0.310 e. The first-order valence-electron chi connectivity index (χ1n) is 6.97. The van der Waals surface area contributed by atoms with Gasteiger partial charge in [-0.2, -0.15) is 0 Å². The van der Waals surface area contributed by atoms with Crippen molar-refractivity contribution in [2.24, 2.45) is 5.92 Å². The fourth-order valence-electron chi connectivity index (χ4n) is 2.12. The monoisotopic (exact) mass is 282 g/mol. The molecule has 2 aromatic rings. The van der Waals surface area contributed by atoms with E-state index in [1.54, 1.807) is 0 Å². The minimum Gasteiger partial charge on any atom is -0.461 e. The standard InChI is InChI=1S/C18H18O3/c19-12-11-17(13-15-7-3-1-4-8-15)18(20)21-14-16-9-5-2-6-10-16/h1-10,12,17H,11,13-14H2/t17-/m1/s1. The van der Waals surface area contributed by atoms with Crippen molar-refractivity contribution in [3.8, 4) is 0 Å². The lowest BCUT2D eigenvalue weighted by molar-refractivity contribution is -0.150. The zero-order valence-corrected chi connectivity index (χ0v) is 11.8. The van der Waals surface area contributed by atoms with E-state index in [1.165, 1.54) is 0 Å². The van der Waals surface area contributed by atoms with Crippen molar-refractivity contribution in [2.75, 3.05) is 0 Å². The third kappa shape index (κ3) is 4.88. The average Bonchev–Trinajstić information content (AvgIpc) is 2.54. The predicted molar refractivity (Wildman–Crippen MR) is 80.6 cm³/mol. The minimum atomic E-state index is -0.423. The fourth-order valence-corrected chi connectivity index (χ4v) is 2.12. The molecule has 0 N–H and O–H groups in total. The van der Waals surface area contributed by atoms with Gasteiger partial charge in [0.1, 0.15) is 12.9 Å². The lowest BCUT2D eigenvalue weighted by atomic mass is 9.97. The Bertz CT molecular complexity index is 564. The van der Waals surface area contributed by atoms with Crippen molar-refractivity contribution in [1.82, 2.24) is 0 Å². The normalized spacial score (nSPS) is 11.6. The zero-order valence-electron chi connectivity index (χ0n) is 11.8. The molecule has 108 valence electrons. The van der Waals surface area contributed by atoms with Crippen molar-refractivity contribution < 1.29 is 14.3 Å². The van der Waals surface area contributed by atoms with Gasteiger partial charge >= 0.3 is 5.97 Å². The zero-order chi connectivity index (χ0) is 14.9. The molecule has 0 bridgehead atoms. The number of hydrogen-bond donors (Lipinski definition) is 0. The largest absolute Gasteiger partial charge is 0.461 e. The van der Waals surface area contributed by atoms with Gasteiger partial charge in [0, 0.05) is 6.42 Å². The van der Waals surface area contributed by atoms with Crippen molar-refractivity contribution in [1.29, 1.82) is 0 Å². The molecular weight excluding hydrogens is 264 g/mol. The molecule has 2 rings (SSSR count).